The number of hydrogen-bond acceptors (Lipinski definition) is 4. The lowest BCUT2D eigenvalue weighted by atomic mass is 10.4. The van der Waals surface area contributed by atoms with E-state index in [0.29, 0.717) is 6.54 Å². The van der Waals surface area contributed by atoms with E-state index in [1.165, 1.54) is 0 Å². The minimum atomic E-state index is -3.03. The maximum atomic E-state index is 11.6. The molecule has 6 heteroatoms. The Balaban J connectivity index is 1.70. The van der Waals surface area contributed by atoms with Gasteiger partial charge >= 0.3 is 0 Å². The molecule has 1 aliphatic heterocycles. The fraction of sp³-hybridized carbons (Fsp3) is 1.00. The highest BCUT2D eigenvalue weighted by atomic mass is 32.2. The molecular weight excluding hydrogens is 214 g/mol. The van der Waals surface area contributed by atoms with Crippen molar-refractivity contribution < 1.29 is 8.42 Å². The van der Waals surface area contributed by atoms with Gasteiger partial charge in [0.05, 0.1) is 5.75 Å². The van der Waals surface area contributed by atoms with Crippen molar-refractivity contribution in [3.8, 4) is 0 Å². The van der Waals surface area contributed by atoms with E-state index < -0.39 is 10.0 Å². The number of sulfonamides is 1. The Labute approximate surface area is 91.3 Å². The van der Waals surface area contributed by atoms with Gasteiger partial charge < -0.3 is 5.32 Å². The van der Waals surface area contributed by atoms with E-state index in [9.17, 15) is 8.42 Å². The molecule has 0 aromatic carbocycles. The standard InChI is InChI=1S/C9H19N3O2S/c13-15(14,11-9-1-2-9)8-7-12-5-3-10-4-6-12/h9-11H,1-8H2. The molecule has 1 aliphatic carbocycles. The van der Waals surface area contributed by atoms with Crippen LogP contribution in [0, 0.1) is 0 Å². The normalized spacial score (nSPS) is 24.3. The fourth-order valence-electron chi connectivity index (χ4n) is 1.70. The lowest BCUT2D eigenvalue weighted by Crippen LogP contribution is -2.46. The van der Waals surface area contributed by atoms with Gasteiger partial charge in [0.2, 0.25) is 10.0 Å². The first-order chi connectivity index (χ1) is 7.16. The maximum absolute atomic E-state index is 11.6. The van der Waals surface area contributed by atoms with Crippen LogP contribution in [-0.4, -0.2) is 57.8 Å². The second-order valence-electron chi connectivity index (χ2n) is 4.30. The zero-order chi connectivity index (χ0) is 10.7. The van der Waals surface area contributed by atoms with Gasteiger partial charge in [-0.1, -0.05) is 0 Å². The average molecular weight is 233 g/mol. The van der Waals surface area contributed by atoms with Crippen LogP contribution in [0.1, 0.15) is 12.8 Å². The van der Waals surface area contributed by atoms with E-state index in [1.807, 2.05) is 0 Å². The van der Waals surface area contributed by atoms with E-state index in [4.69, 9.17) is 0 Å². The van der Waals surface area contributed by atoms with Gasteiger partial charge in [-0.25, -0.2) is 13.1 Å². The van der Waals surface area contributed by atoms with Gasteiger partial charge in [0.25, 0.3) is 0 Å². The molecule has 0 atom stereocenters. The summed E-state index contributed by atoms with van der Waals surface area (Å²) in [5.74, 6) is 0.240. The lowest BCUT2D eigenvalue weighted by Gasteiger charge is -2.26. The maximum Gasteiger partial charge on any atom is 0.213 e. The molecular formula is C9H19N3O2S. The summed E-state index contributed by atoms with van der Waals surface area (Å²) in [6, 6.07) is 0.234. The zero-order valence-electron chi connectivity index (χ0n) is 8.91. The van der Waals surface area contributed by atoms with Crippen molar-refractivity contribution in [3.05, 3.63) is 0 Å². The van der Waals surface area contributed by atoms with Crippen molar-refractivity contribution in [2.45, 2.75) is 18.9 Å². The number of piperazine rings is 1. The van der Waals surface area contributed by atoms with Crippen LogP contribution in [0.4, 0.5) is 0 Å². The number of nitrogens with zero attached hydrogens (tertiary/aromatic N) is 1. The van der Waals surface area contributed by atoms with E-state index in [1.54, 1.807) is 0 Å². The summed E-state index contributed by atoms with van der Waals surface area (Å²) >= 11 is 0. The van der Waals surface area contributed by atoms with Gasteiger partial charge in [-0.2, -0.15) is 0 Å². The molecule has 0 unspecified atom stereocenters. The van der Waals surface area contributed by atoms with Crippen molar-refractivity contribution in [3.63, 3.8) is 0 Å². The van der Waals surface area contributed by atoms with Gasteiger partial charge in [0, 0.05) is 38.8 Å². The smallest absolute Gasteiger partial charge is 0.213 e. The van der Waals surface area contributed by atoms with Crippen molar-refractivity contribution in [1.82, 2.24) is 14.9 Å². The Morgan fingerprint density at radius 3 is 2.53 bits per heavy atom. The Morgan fingerprint density at radius 1 is 1.27 bits per heavy atom. The lowest BCUT2D eigenvalue weighted by molar-refractivity contribution is 0.253. The fourth-order valence-corrected chi connectivity index (χ4v) is 3.06. The van der Waals surface area contributed by atoms with Crippen LogP contribution in [0.25, 0.3) is 0 Å². The Kier molecular flexibility index (Phi) is 3.60. The van der Waals surface area contributed by atoms with Crippen LogP contribution in [0.5, 0.6) is 0 Å². The predicted molar refractivity (Wildman–Crippen MR) is 59.3 cm³/mol. The summed E-state index contributed by atoms with van der Waals surface area (Å²) in [5, 5.41) is 3.25. The van der Waals surface area contributed by atoms with Gasteiger partial charge in [-0.15, -0.1) is 0 Å². The zero-order valence-corrected chi connectivity index (χ0v) is 9.72. The van der Waals surface area contributed by atoms with E-state index in [-0.39, 0.29) is 11.8 Å². The first kappa shape index (κ1) is 11.3. The summed E-state index contributed by atoms with van der Waals surface area (Å²) in [4.78, 5) is 2.20. The molecule has 2 N–H and O–H groups in total. The highest BCUT2D eigenvalue weighted by Crippen LogP contribution is 2.19. The quantitative estimate of drug-likeness (QED) is 0.638. The van der Waals surface area contributed by atoms with Crippen LogP contribution in [0.15, 0.2) is 0 Å². The SMILES string of the molecule is O=S(=O)(CCN1CCNCC1)NC1CC1. The number of hydrogen-bond donors (Lipinski definition) is 2. The molecule has 1 saturated carbocycles. The van der Waals surface area contributed by atoms with Crippen LogP contribution in [0.3, 0.4) is 0 Å². The Hall–Kier alpha value is -0.170. The third-order valence-corrected chi connectivity index (χ3v) is 4.22. The van der Waals surface area contributed by atoms with Gasteiger partial charge in [-0.3, -0.25) is 4.90 Å². The monoisotopic (exact) mass is 233 g/mol. The largest absolute Gasteiger partial charge is 0.314 e. The topological polar surface area (TPSA) is 61.4 Å². The highest BCUT2D eigenvalue weighted by Gasteiger charge is 2.27. The summed E-state index contributed by atoms with van der Waals surface area (Å²) in [5.41, 5.74) is 0. The molecule has 15 heavy (non-hydrogen) atoms. The van der Waals surface area contributed by atoms with Crippen molar-refractivity contribution in [2.75, 3.05) is 38.5 Å². The molecule has 2 aliphatic rings. The minimum Gasteiger partial charge on any atom is -0.314 e. The van der Waals surface area contributed by atoms with Gasteiger partial charge in [-0.05, 0) is 12.8 Å². The third-order valence-electron chi connectivity index (χ3n) is 2.81. The molecule has 0 amide bonds. The van der Waals surface area contributed by atoms with Crippen LogP contribution >= 0.6 is 0 Å². The first-order valence-corrected chi connectivity index (χ1v) is 7.24. The van der Waals surface area contributed by atoms with Gasteiger partial charge in [0.15, 0.2) is 0 Å². The molecule has 0 aromatic heterocycles. The molecule has 2 fully saturated rings. The highest BCUT2D eigenvalue weighted by molar-refractivity contribution is 7.89. The van der Waals surface area contributed by atoms with Crippen LogP contribution in [0.2, 0.25) is 0 Å². The minimum absolute atomic E-state index is 0.234. The number of rotatable bonds is 5. The number of nitrogens with one attached hydrogen (secondary N) is 2. The second kappa shape index (κ2) is 4.78. The third kappa shape index (κ3) is 4.06. The summed E-state index contributed by atoms with van der Waals surface area (Å²) in [6.45, 7) is 4.51. The predicted octanol–water partition coefficient (Wildman–Crippen LogP) is -1.03. The Morgan fingerprint density at radius 2 is 1.93 bits per heavy atom. The average Bonchev–Trinajstić information content (AvgIpc) is 3.00. The van der Waals surface area contributed by atoms with Crippen molar-refractivity contribution >= 4 is 10.0 Å². The second-order valence-corrected chi connectivity index (χ2v) is 6.18. The molecule has 2 rings (SSSR count). The van der Waals surface area contributed by atoms with E-state index >= 15 is 0 Å². The van der Waals surface area contributed by atoms with E-state index in [2.05, 4.69) is 14.9 Å². The molecule has 0 aromatic rings. The molecule has 88 valence electrons. The van der Waals surface area contributed by atoms with E-state index in [0.717, 1.165) is 39.0 Å². The summed E-state index contributed by atoms with van der Waals surface area (Å²) < 4.78 is 25.8. The van der Waals surface area contributed by atoms with Crippen LogP contribution in [-0.2, 0) is 10.0 Å². The molecule has 1 heterocycles. The van der Waals surface area contributed by atoms with Crippen LogP contribution < -0.4 is 10.0 Å². The molecule has 5 nitrogen and oxygen atoms in total. The summed E-state index contributed by atoms with van der Waals surface area (Å²) in [6.07, 6.45) is 2.01. The first-order valence-electron chi connectivity index (χ1n) is 5.59. The van der Waals surface area contributed by atoms with Crippen molar-refractivity contribution in [1.29, 1.82) is 0 Å². The molecule has 0 radical (unpaired) electrons. The van der Waals surface area contributed by atoms with Crippen molar-refractivity contribution in [2.24, 2.45) is 0 Å². The Bertz CT molecular complexity index is 294. The molecule has 1 saturated heterocycles. The molecule has 0 bridgehead atoms. The summed E-state index contributed by atoms with van der Waals surface area (Å²) in [7, 11) is -3.03. The van der Waals surface area contributed by atoms with Gasteiger partial charge in [0.1, 0.15) is 0 Å². The molecule has 0 spiro atoms.